The van der Waals surface area contributed by atoms with Crippen molar-refractivity contribution >= 4 is 5.57 Å². The minimum absolute atomic E-state index is 0.371. The number of benzene rings is 1. The highest BCUT2D eigenvalue weighted by Gasteiger charge is 2.09. The number of hydrogen-bond acceptors (Lipinski definition) is 0. The molecule has 0 saturated heterocycles. The SMILES string of the molecule is CC=C(C)c1ccc(F)c(F)c1C. The van der Waals surface area contributed by atoms with Gasteiger partial charge in [0, 0.05) is 0 Å². The predicted octanol–water partition coefficient (Wildman–Crippen LogP) is 3.70. The van der Waals surface area contributed by atoms with Crippen LogP contribution in [0.25, 0.3) is 5.57 Å². The third-order valence-corrected chi connectivity index (χ3v) is 2.20. The van der Waals surface area contributed by atoms with Crippen LogP contribution in [0.1, 0.15) is 25.0 Å². The van der Waals surface area contributed by atoms with Crippen LogP contribution in [0, 0.1) is 18.6 Å². The Balaban J connectivity index is 3.34. The van der Waals surface area contributed by atoms with Crippen LogP contribution < -0.4 is 0 Å². The first-order chi connectivity index (χ1) is 6.07. The zero-order valence-electron chi connectivity index (χ0n) is 7.99. The van der Waals surface area contributed by atoms with Crippen LogP contribution in [0.2, 0.25) is 0 Å². The predicted molar refractivity (Wildman–Crippen MR) is 50.4 cm³/mol. The largest absolute Gasteiger partial charge is 0.204 e. The number of rotatable bonds is 1. The number of allylic oxidation sites excluding steroid dienone is 2. The molecule has 0 heterocycles. The molecule has 0 amide bonds. The van der Waals surface area contributed by atoms with Crippen LogP contribution in [0.4, 0.5) is 8.78 Å². The lowest BCUT2D eigenvalue weighted by molar-refractivity contribution is 0.502. The molecule has 0 bridgehead atoms. The van der Waals surface area contributed by atoms with Crippen LogP contribution >= 0.6 is 0 Å². The van der Waals surface area contributed by atoms with E-state index >= 15 is 0 Å². The van der Waals surface area contributed by atoms with Crippen LogP contribution in [0.15, 0.2) is 18.2 Å². The van der Waals surface area contributed by atoms with E-state index in [9.17, 15) is 8.78 Å². The fourth-order valence-electron chi connectivity index (χ4n) is 1.23. The smallest absolute Gasteiger partial charge is 0.162 e. The summed E-state index contributed by atoms with van der Waals surface area (Å²) in [6.45, 7) is 5.33. The Bertz CT molecular complexity index is 351. The van der Waals surface area contributed by atoms with Crippen molar-refractivity contribution in [3.8, 4) is 0 Å². The summed E-state index contributed by atoms with van der Waals surface area (Å²) in [5.74, 6) is -1.54. The molecule has 1 aromatic rings. The molecule has 0 aliphatic heterocycles. The molecule has 0 saturated carbocycles. The van der Waals surface area contributed by atoms with Gasteiger partial charge in [-0.25, -0.2) is 8.78 Å². The highest BCUT2D eigenvalue weighted by molar-refractivity contribution is 5.66. The van der Waals surface area contributed by atoms with Gasteiger partial charge in [0.25, 0.3) is 0 Å². The first kappa shape index (κ1) is 9.90. The van der Waals surface area contributed by atoms with E-state index in [2.05, 4.69) is 0 Å². The molecule has 0 atom stereocenters. The van der Waals surface area contributed by atoms with E-state index < -0.39 is 11.6 Å². The quantitative estimate of drug-likeness (QED) is 0.621. The summed E-state index contributed by atoms with van der Waals surface area (Å²) < 4.78 is 25.8. The molecule has 0 spiro atoms. The number of hydrogen-bond donors (Lipinski definition) is 0. The first-order valence-corrected chi connectivity index (χ1v) is 4.15. The summed E-state index contributed by atoms with van der Waals surface area (Å²) in [7, 11) is 0. The molecular formula is C11H12F2. The molecular weight excluding hydrogens is 170 g/mol. The summed E-state index contributed by atoms with van der Waals surface area (Å²) in [4.78, 5) is 0. The zero-order valence-corrected chi connectivity index (χ0v) is 7.99. The lowest BCUT2D eigenvalue weighted by atomic mass is 10.0. The van der Waals surface area contributed by atoms with Crippen LogP contribution in [-0.4, -0.2) is 0 Å². The van der Waals surface area contributed by atoms with E-state index in [-0.39, 0.29) is 0 Å². The summed E-state index contributed by atoms with van der Waals surface area (Å²) in [5.41, 5.74) is 2.09. The second-order valence-electron chi connectivity index (χ2n) is 3.01. The minimum Gasteiger partial charge on any atom is -0.204 e. The van der Waals surface area contributed by atoms with Gasteiger partial charge in [-0.3, -0.25) is 0 Å². The highest BCUT2D eigenvalue weighted by atomic mass is 19.2. The fraction of sp³-hybridized carbons (Fsp3) is 0.273. The van der Waals surface area contributed by atoms with Crippen molar-refractivity contribution in [3.05, 3.63) is 41.0 Å². The number of halogens is 2. The summed E-state index contributed by atoms with van der Waals surface area (Å²) in [6, 6.07) is 2.76. The molecule has 1 aromatic carbocycles. The second-order valence-corrected chi connectivity index (χ2v) is 3.01. The highest BCUT2D eigenvalue weighted by Crippen LogP contribution is 2.22. The van der Waals surface area contributed by atoms with Crippen molar-refractivity contribution < 1.29 is 8.78 Å². The third-order valence-electron chi connectivity index (χ3n) is 2.20. The maximum absolute atomic E-state index is 13.1. The van der Waals surface area contributed by atoms with Crippen molar-refractivity contribution in [2.24, 2.45) is 0 Å². The molecule has 0 nitrogen and oxygen atoms in total. The molecule has 0 radical (unpaired) electrons. The Kier molecular flexibility index (Phi) is 2.81. The molecule has 13 heavy (non-hydrogen) atoms. The molecule has 0 unspecified atom stereocenters. The van der Waals surface area contributed by atoms with Gasteiger partial charge in [-0.1, -0.05) is 12.1 Å². The summed E-state index contributed by atoms with van der Waals surface area (Å²) >= 11 is 0. The topological polar surface area (TPSA) is 0 Å². The van der Waals surface area contributed by atoms with Gasteiger partial charge in [-0.2, -0.15) is 0 Å². The molecule has 0 aliphatic carbocycles. The van der Waals surface area contributed by atoms with Crippen molar-refractivity contribution in [2.75, 3.05) is 0 Å². The summed E-state index contributed by atoms with van der Waals surface area (Å²) in [5, 5.41) is 0. The van der Waals surface area contributed by atoms with Crippen LogP contribution in [0.5, 0.6) is 0 Å². The van der Waals surface area contributed by atoms with E-state index in [1.54, 1.807) is 13.0 Å². The van der Waals surface area contributed by atoms with Gasteiger partial charge >= 0.3 is 0 Å². The Labute approximate surface area is 76.9 Å². The van der Waals surface area contributed by atoms with Gasteiger partial charge in [0.05, 0.1) is 0 Å². The van der Waals surface area contributed by atoms with Crippen LogP contribution in [-0.2, 0) is 0 Å². The minimum atomic E-state index is -0.787. The van der Waals surface area contributed by atoms with Gasteiger partial charge in [-0.15, -0.1) is 0 Å². The molecule has 0 aromatic heterocycles. The summed E-state index contributed by atoms with van der Waals surface area (Å²) in [6.07, 6.45) is 1.87. The molecule has 2 heteroatoms. The molecule has 0 aliphatic rings. The lowest BCUT2D eigenvalue weighted by Crippen LogP contribution is -1.94. The van der Waals surface area contributed by atoms with Gasteiger partial charge < -0.3 is 0 Å². The van der Waals surface area contributed by atoms with Gasteiger partial charge in [0.1, 0.15) is 0 Å². The van der Waals surface area contributed by atoms with Crippen molar-refractivity contribution in [3.63, 3.8) is 0 Å². The third kappa shape index (κ3) is 1.77. The van der Waals surface area contributed by atoms with E-state index in [4.69, 9.17) is 0 Å². The van der Waals surface area contributed by atoms with E-state index in [1.165, 1.54) is 0 Å². The lowest BCUT2D eigenvalue weighted by Gasteiger charge is -2.06. The van der Waals surface area contributed by atoms with E-state index in [0.717, 1.165) is 17.2 Å². The van der Waals surface area contributed by atoms with Gasteiger partial charge in [-0.05, 0) is 43.5 Å². The van der Waals surface area contributed by atoms with E-state index in [0.29, 0.717) is 5.56 Å². The molecule has 1 rings (SSSR count). The van der Waals surface area contributed by atoms with Crippen molar-refractivity contribution in [2.45, 2.75) is 20.8 Å². The Morgan fingerprint density at radius 2 is 1.92 bits per heavy atom. The average Bonchev–Trinajstić information content (AvgIpc) is 2.13. The standard InChI is InChI=1S/C11H12F2/c1-4-7(2)9-5-6-10(12)11(13)8(9)3/h4-6H,1-3H3. The molecule has 70 valence electrons. The normalized spacial score (nSPS) is 11.9. The average molecular weight is 182 g/mol. The Morgan fingerprint density at radius 3 is 2.46 bits per heavy atom. The van der Waals surface area contributed by atoms with Crippen molar-refractivity contribution in [1.82, 2.24) is 0 Å². The molecule has 0 N–H and O–H groups in total. The monoisotopic (exact) mass is 182 g/mol. The van der Waals surface area contributed by atoms with E-state index in [1.807, 2.05) is 19.9 Å². The van der Waals surface area contributed by atoms with Crippen molar-refractivity contribution in [1.29, 1.82) is 0 Å². The first-order valence-electron chi connectivity index (χ1n) is 4.15. The maximum Gasteiger partial charge on any atom is 0.162 e. The Hall–Kier alpha value is -1.18. The maximum atomic E-state index is 13.1. The van der Waals surface area contributed by atoms with Gasteiger partial charge in [0.15, 0.2) is 11.6 Å². The second kappa shape index (κ2) is 3.69. The molecule has 0 fully saturated rings. The Morgan fingerprint density at radius 1 is 1.31 bits per heavy atom. The van der Waals surface area contributed by atoms with Crippen LogP contribution in [0.3, 0.4) is 0 Å². The van der Waals surface area contributed by atoms with Gasteiger partial charge in [0.2, 0.25) is 0 Å². The fourth-order valence-corrected chi connectivity index (χ4v) is 1.23. The zero-order chi connectivity index (χ0) is 10.0.